The first-order valence-electron chi connectivity index (χ1n) is 8.93. The molecule has 2 aromatic rings. The van der Waals surface area contributed by atoms with Crippen molar-refractivity contribution < 1.29 is 13.6 Å². The number of fused-ring (bicyclic) bond motifs is 1. The van der Waals surface area contributed by atoms with Gasteiger partial charge in [0.1, 0.15) is 17.2 Å². The molecule has 0 saturated carbocycles. The number of benzene rings is 2. The molecule has 144 valence electrons. The van der Waals surface area contributed by atoms with Gasteiger partial charge in [-0.25, -0.2) is 8.78 Å². The van der Waals surface area contributed by atoms with Gasteiger partial charge in [-0.2, -0.15) is 0 Å². The molecule has 0 aromatic heterocycles. The molecule has 0 heterocycles. The highest BCUT2D eigenvalue weighted by atomic mass is 19.1. The van der Waals surface area contributed by atoms with Crippen LogP contribution in [0.5, 0.6) is 0 Å². The molecule has 0 saturated heterocycles. The lowest BCUT2D eigenvalue weighted by Crippen LogP contribution is -2.25. The van der Waals surface area contributed by atoms with E-state index in [9.17, 15) is 13.6 Å². The quantitative estimate of drug-likeness (QED) is 0.768. The number of aliphatic imine (C=N–C) groups is 1. The van der Waals surface area contributed by atoms with Gasteiger partial charge < -0.3 is 11.1 Å². The molecule has 0 bridgehead atoms. The number of hydrogen-bond acceptors (Lipinski definition) is 3. The lowest BCUT2D eigenvalue weighted by Gasteiger charge is -2.10. The van der Waals surface area contributed by atoms with Crippen LogP contribution in [0.3, 0.4) is 0 Å². The van der Waals surface area contributed by atoms with Crippen molar-refractivity contribution in [3.63, 3.8) is 0 Å². The first-order valence-corrected chi connectivity index (χ1v) is 8.93. The lowest BCUT2D eigenvalue weighted by atomic mass is 9.99. The van der Waals surface area contributed by atoms with Crippen LogP contribution in [-0.4, -0.2) is 12.1 Å². The Labute approximate surface area is 162 Å². The van der Waals surface area contributed by atoms with E-state index in [2.05, 4.69) is 29.0 Å². The van der Waals surface area contributed by atoms with Gasteiger partial charge in [-0.1, -0.05) is 18.7 Å². The summed E-state index contributed by atoms with van der Waals surface area (Å²) in [6.45, 7) is 5.66. The van der Waals surface area contributed by atoms with Crippen molar-refractivity contribution in [1.29, 1.82) is 0 Å². The van der Waals surface area contributed by atoms with Crippen molar-refractivity contribution in [3.05, 3.63) is 88.3 Å². The predicted octanol–water partition coefficient (Wildman–Crippen LogP) is 4.03. The van der Waals surface area contributed by atoms with Crippen LogP contribution in [0.4, 0.5) is 8.78 Å². The molecule has 0 aliphatic heterocycles. The molecule has 28 heavy (non-hydrogen) atoms. The maximum atomic E-state index is 13.7. The molecule has 3 N–H and O–H groups in total. The van der Waals surface area contributed by atoms with Crippen molar-refractivity contribution in [2.75, 3.05) is 0 Å². The van der Waals surface area contributed by atoms with E-state index in [1.54, 1.807) is 0 Å². The van der Waals surface area contributed by atoms with E-state index in [1.807, 2.05) is 6.92 Å². The Balaban J connectivity index is 1.75. The van der Waals surface area contributed by atoms with E-state index in [4.69, 9.17) is 5.73 Å². The molecule has 4 nitrogen and oxygen atoms in total. The molecule has 0 unspecified atom stereocenters. The average molecular weight is 381 g/mol. The minimum absolute atomic E-state index is 0.0887. The van der Waals surface area contributed by atoms with E-state index >= 15 is 0 Å². The maximum Gasteiger partial charge on any atom is 0.261 e. The zero-order valence-corrected chi connectivity index (χ0v) is 15.6. The third kappa shape index (κ3) is 4.01. The summed E-state index contributed by atoms with van der Waals surface area (Å²) in [5.74, 6) is -2.82. The number of nitrogens with zero attached hydrogens (tertiary/aromatic N) is 1. The highest BCUT2D eigenvalue weighted by Gasteiger charge is 2.17. The normalized spacial score (nSPS) is 13.6. The molecule has 2 aromatic carbocycles. The second-order valence-electron chi connectivity index (χ2n) is 6.68. The second-order valence-corrected chi connectivity index (χ2v) is 6.68. The summed E-state index contributed by atoms with van der Waals surface area (Å²) in [5, 5.41) is 2.33. The van der Waals surface area contributed by atoms with Crippen LogP contribution < -0.4 is 11.1 Å². The molecule has 1 aliphatic carbocycles. The van der Waals surface area contributed by atoms with Crippen LogP contribution >= 0.6 is 0 Å². The zero-order chi connectivity index (χ0) is 20.3. The lowest BCUT2D eigenvalue weighted by molar-refractivity contribution is 0.0960. The Morgan fingerprint density at radius 3 is 2.50 bits per heavy atom. The SMILES string of the molecule is C=C(/C=N\C(=C/N)c1cc2c(cc1C)CCC2)NC(=O)c1c(F)cccc1F. The summed E-state index contributed by atoms with van der Waals surface area (Å²) in [6, 6.07) is 7.45. The topological polar surface area (TPSA) is 67.5 Å². The van der Waals surface area contributed by atoms with Crippen LogP contribution in [0.1, 0.15) is 39.0 Å². The van der Waals surface area contributed by atoms with E-state index < -0.39 is 23.1 Å². The van der Waals surface area contributed by atoms with E-state index in [-0.39, 0.29) is 5.70 Å². The number of nitrogens with one attached hydrogen (secondary N) is 1. The zero-order valence-electron chi connectivity index (χ0n) is 15.6. The second kappa shape index (κ2) is 8.17. The minimum Gasteiger partial charge on any atom is -0.403 e. The summed E-state index contributed by atoms with van der Waals surface area (Å²) in [5.41, 5.74) is 10.3. The average Bonchev–Trinajstić information content (AvgIpc) is 3.09. The summed E-state index contributed by atoms with van der Waals surface area (Å²) in [6.07, 6.45) is 5.93. The molecular formula is C22H21F2N3O. The first-order chi connectivity index (χ1) is 13.4. The number of nitrogens with two attached hydrogens (primary N) is 1. The Morgan fingerprint density at radius 1 is 1.21 bits per heavy atom. The van der Waals surface area contributed by atoms with Gasteiger partial charge in [-0.15, -0.1) is 0 Å². The number of aryl methyl sites for hydroxylation is 3. The van der Waals surface area contributed by atoms with Gasteiger partial charge in [0.25, 0.3) is 5.91 Å². The minimum atomic E-state index is -0.946. The fraction of sp³-hybridized carbons (Fsp3) is 0.182. The molecular weight excluding hydrogens is 360 g/mol. The summed E-state index contributed by atoms with van der Waals surface area (Å²) < 4.78 is 27.4. The third-order valence-electron chi connectivity index (χ3n) is 4.70. The summed E-state index contributed by atoms with van der Waals surface area (Å²) in [7, 11) is 0. The smallest absolute Gasteiger partial charge is 0.261 e. The van der Waals surface area contributed by atoms with Gasteiger partial charge in [0.2, 0.25) is 0 Å². The Morgan fingerprint density at radius 2 is 1.86 bits per heavy atom. The highest BCUT2D eigenvalue weighted by molar-refractivity contribution is 5.99. The van der Waals surface area contributed by atoms with Crippen LogP contribution in [0.15, 0.2) is 53.8 Å². The van der Waals surface area contributed by atoms with Gasteiger partial charge in [-0.05, 0) is 61.1 Å². The molecule has 0 spiro atoms. The first kappa shape index (κ1) is 19.5. The van der Waals surface area contributed by atoms with E-state index in [0.717, 1.165) is 42.5 Å². The molecule has 0 atom stereocenters. The van der Waals surface area contributed by atoms with Crippen LogP contribution in [0.25, 0.3) is 5.70 Å². The fourth-order valence-corrected chi connectivity index (χ4v) is 3.33. The Bertz CT molecular complexity index is 989. The van der Waals surface area contributed by atoms with Crippen molar-refractivity contribution in [2.24, 2.45) is 10.7 Å². The van der Waals surface area contributed by atoms with E-state index in [0.29, 0.717) is 5.70 Å². The third-order valence-corrected chi connectivity index (χ3v) is 4.70. The molecule has 3 rings (SSSR count). The van der Waals surface area contributed by atoms with Crippen molar-refractivity contribution in [2.45, 2.75) is 26.2 Å². The summed E-state index contributed by atoms with van der Waals surface area (Å²) in [4.78, 5) is 16.4. The Hall–Kier alpha value is -3.28. The van der Waals surface area contributed by atoms with Gasteiger partial charge >= 0.3 is 0 Å². The molecule has 6 heteroatoms. The molecule has 0 fully saturated rings. The van der Waals surface area contributed by atoms with Crippen molar-refractivity contribution >= 4 is 17.8 Å². The van der Waals surface area contributed by atoms with Gasteiger partial charge in [0.05, 0.1) is 17.6 Å². The number of allylic oxidation sites excluding steroid dienone is 1. The maximum absolute atomic E-state index is 13.7. The largest absolute Gasteiger partial charge is 0.403 e. The monoisotopic (exact) mass is 381 g/mol. The van der Waals surface area contributed by atoms with Crippen molar-refractivity contribution in [3.8, 4) is 0 Å². The van der Waals surface area contributed by atoms with Crippen LogP contribution in [0, 0.1) is 18.6 Å². The number of carbonyl (C=O) groups excluding carboxylic acids is 1. The van der Waals surface area contributed by atoms with Crippen LogP contribution in [0.2, 0.25) is 0 Å². The number of rotatable bonds is 5. The molecule has 1 aliphatic rings. The number of carbonyl (C=O) groups is 1. The molecule has 1 amide bonds. The van der Waals surface area contributed by atoms with Crippen LogP contribution in [-0.2, 0) is 12.8 Å². The van der Waals surface area contributed by atoms with Gasteiger partial charge in [0, 0.05) is 11.8 Å². The van der Waals surface area contributed by atoms with Crippen molar-refractivity contribution in [1.82, 2.24) is 5.32 Å². The Kier molecular flexibility index (Phi) is 5.68. The van der Waals surface area contributed by atoms with E-state index in [1.165, 1.54) is 29.6 Å². The number of amides is 1. The molecule has 0 radical (unpaired) electrons. The van der Waals surface area contributed by atoms with Gasteiger partial charge in [0.15, 0.2) is 0 Å². The fourth-order valence-electron chi connectivity index (χ4n) is 3.33. The highest BCUT2D eigenvalue weighted by Crippen LogP contribution is 2.29. The number of halogens is 2. The standard InChI is InChI=1S/C22H21F2N3O/c1-13-9-15-5-3-6-16(15)10-17(13)20(11-25)26-12-14(2)27-22(28)21-18(23)7-4-8-19(21)24/h4,7-12H,2-3,5-6,25H2,1H3,(H,27,28)/b20-11-,26-12-. The van der Waals surface area contributed by atoms with Gasteiger partial charge in [-0.3, -0.25) is 9.79 Å². The number of hydrogen-bond donors (Lipinski definition) is 2. The summed E-state index contributed by atoms with van der Waals surface area (Å²) >= 11 is 0. The predicted molar refractivity (Wildman–Crippen MR) is 107 cm³/mol.